The van der Waals surface area contributed by atoms with Gasteiger partial charge in [0.15, 0.2) is 5.75 Å². The number of amides is 1. The summed E-state index contributed by atoms with van der Waals surface area (Å²) in [5.74, 6) is -0.0850. The third-order valence-corrected chi connectivity index (χ3v) is 3.62. The molecule has 1 amide bonds. The Labute approximate surface area is 137 Å². The molecule has 0 saturated carbocycles. The lowest BCUT2D eigenvalue weighted by Gasteiger charge is -2.36. The van der Waals surface area contributed by atoms with Crippen LogP contribution in [0.3, 0.4) is 0 Å². The van der Waals surface area contributed by atoms with E-state index in [0.29, 0.717) is 25.6 Å². The fourth-order valence-electron chi connectivity index (χ4n) is 2.62. The molecule has 0 bridgehead atoms. The molecule has 1 aliphatic heterocycles. The van der Waals surface area contributed by atoms with E-state index in [9.17, 15) is 23.7 Å². The van der Waals surface area contributed by atoms with E-state index in [1.165, 1.54) is 12.1 Å². The van der Waals surface area contributed by atoms with Crippen molar-refractivity contribution < 1.29 is 23.2 Å². The number of alkyl halides is 2. The first kappa shape index (κ1) is 17.9. The highest BCUT2D eigenvalue weighted by Gasteiger charge is 2.27. The molecule has 1 aromatic carbocycles. The number of halogens is 2. The van der Waals surface area contributed by atoms with Gasteiger partial charge in [-0.25, -0.2) is 0 Å². The zero-order chi connectivity index (χ0) is 17.9. The van der Waals surface area contributed by atoms with Crippen LogP contribution in [0.1, 0.15) is 13.8 Å². The summed E-state index contributed by atoms with van der Waals surface area (Å²) in [7, 11) is 0. The van der Waals surface area contributed by atoms with Crippen molar-refractivity contribution >= 4 is 17.3 Å². The minimum Gasteiger partial charge on any atom is -0.432 e. The first-order chi connectivity index (χ1) is 11.3. The van der Waals surface area contributed by atoms with Gasteiger partial charge in [0, 0.05) is 25.7 Å². The van der Waals surface area contributed by atoms with Crippen molar-refractivity contribution in [3.8, 4) is 5.75 Å². The second kappa shape index (κ2) is 7.41. The van der Waals surface area contributed by atoms with Crippen LogP contribution in [0.25, 0.3) is 0 Å². The summed E-state index contributed by atoms with van der Waals surface area (Å²) < 4.78 is 29.6. The van der Waals surface area contributed by atoms with E-state index in [0.717, 1.165) is 6.07 Å². The standard InChI is InChI=1S/C15H19F2N3O4/c1-10(2)8-19-6-5-18(9-14(19)21)12-4-3-11(20(22)23)7-13(12)24-15(16)17/h3-4,7,10,15H,5-6,8-9H2,1-2H3. The third kappa shape index (κ3) is 4.30. The van der Waals surface area contributed by atoms with Crippen molar-refractivity contribution in [1.29, 1.82) is 0 Å². The van der Waals surface area contributed by atoms with Crippen molar-refractivity contribution in [2.24, 2.45) is 5.92 Å². The smallest absolute Gasteiger partial charge is 0.387 e. The quantitative estimate of drug-likeness (QED) is 0.586. The number of hydrogen-bond acceptors (Lipinski definition) is 5. The van der Waals surface area contributed by atoms with Gasteiger partial charge in [-0.2, -0.15) is 8.78 Å². The normalized spacial score (nSPS) is 15.3. The van der Waals surface area contributed by atoms with Gasteiger partial charge in [-0.3, -0.25) is 14.9 Å². The molecule has 132 valence electrons. The number of nitro groups is 1. The molecule has 1 saturated heterocycles. The fraction of sp³-hybridized carbons (Fsp3) is 0.533. The minimum atomic E-state index is -3.11. The van der Waals surface area contributed by atoms with Gasteiger partial charge in [0.25, 0.3) is 5.69 Å². The Balaban J connectivity index is 2.22. The third-order valence-electron chi connectivity index (χ3n) is 3.62. The van der Waals surface area contributed by atoms with E-state index in [-0.39, 0.29) is 29.6 Å². The van der Waals surface area contributed by atoms with E-state index >= 15 is 0 Å². The van der Waals surface area contributed by atoms with Crippen LogP contribution in [0.2, 0.25) is 0 Å². The Morgan fingerprint density at radius 2 is 2.04 bits per heavy atom. The van der Waals surface area contributed by atoms with Crippen LogP contribution in [0.15, 0.2) is 18.2 Å². The van der Waals surface area contributed by atoms with Crippen molar-refractivity contribution in [3.05, 3.63) is 28.3 Å². The summed E-state index contributed by atoms with van der Waals surface area (Å²) in [5.41, 5.74) is -0.0994. The van der Waals surface area contributed by atoms with Crippen molar-refractivity contribution in [2.45, 2.75) is 20.5 Å². The summed E-state index contributed by atoms with van der Waals surface area (Å²) in [5, 5.41) is 10.8. The highest BCUT2D eigenvalue weighted by molar-refractivity contribution is 5.83. The topological polar surface area (TPSA) is 75.9 Å². The second-order valence-corrected chi connectivity index (χ2v) is 5.94. The largest absolute Gasteiger partial charge is 0.432 e. The Kier molecular flexibility index (Phi) is 5.53. The number of nitrogens with zero attached hydrogens (tertiary/aromatic N) is 3. The minimum absolute atomic E-state index is 0.0180. The van der Waals surface area contributed by atoms with Gasteiger partial charge in [-0.15, -0.1) is 0 Å². The van der Waals surface area contributed by atoms with Crippen LogP contribution in [0.5, 0.6) is 5.75 Å². The summed E-state index contributed by atoms with van der Waals surface area (Å²) in [4.78, 5) is 25.7. The van der Waals surface area contributed by atoms with E-state index in [1.54, 1.807) is 9.80 Å². The molecule has 1 aliphatic rings. The van der Waals surface area contributed by atoms with Crippen LogP contribution in [-0.4, -0.2) is 48.5 Å². The Morgan fingerprint density at radius 3 is 2.58 bits per heavy atom. The van der Waals surface area contributed by atoms with Gasteiger partial charge >= 0.3 is 6.61 Å². The zero-order valence-electron chi connectivity index (χ0n) is 13.4. The van der Waals surface area contributed by atoms with Crippen LogP contribution in [0.4, 0.5) is 20.2 Å². The molecule has 0 aromatic heterocycles. The first-order valence-corrected chi connectivity index (χ1v) is 7.54. The summed E-state index contributed by atoms with van der Waals surface area (Å²) in [6, 6.07) is 3.49. The number of ether oxygens (including phenoxy) is 1. The van der Waals surface area contributed by atoms with E-state index in [1.807, 2.05) is 13.8 Å². The van der Waals surface area contributed by atoms with Crippen LogP contribution < -0.4 is 9.64 Å². The number of rotatable bonds is 6. The molecule has 1 heterocycles. The molecule has 2 rings (SSSR count). The number of non-ortho nitro benzene ring substituents is 1. The molecule has 0 N–H and O–H groups in total. The molecule has 0 atom stereocenters. The number of carbonyl (C=O) groups excluding carboxylic acids is 1. The number of nitro benzene ring substituents is 1. The van der Waals surface area contributed by atoms with Crippen LogP contribution in [-0.2, 0) is 4.79 Å². The van der Waals surface area contributed by atoms with Crippen molar-refractivity contribution in [2.75, 3.05) is 31.1 Å². The first-order valence-electron chi connectivity index (χ1n) is 7.54. The van der Waals surface area contributed by atoms with Crippen molar-refractivity contribution in [3.63, 3.8) is 0 Å². The Bertz CT molecular complexity index is 625. The molecule has 9 heteroatoms. The number of hydrogen-bond donors (Lipinski definition) is 0. The molecule has 1 fully saturated rings. The van der Waals surface area contributed by atoms with Gasteiger partial charge in [0.2, 0.25) is 5.91 Å². The maximum absolute atomic E-state index is 12.6. The van der Waals surface area contributed by atoms with Crippen molar-refractivity contribution in [1.82, 2.24) is 4.90 Å². The molecule has 7 nitrogen and oxygen atoms in total. The lowest BCUT2D eigenvalue weighted by atomic mass is 10.1. The molecule has 0 spiro atoms. The average molecular weight is 343 g/mol. The molecule has 0 aliphatic carbocycles. The number of benzene rings is 1. The molecular weight excluding hydrogens is 324 g/mol. The van der Waals surface area contributed by atoms with Crippen LogP contribution in [0, 0.1) is 16.0 Å². The van der Waals surface area contributed by atoms with Gasteiger partial charge in [-0.05, 0) is 12.0 Å². The molecule has 0 unspecified atom stereocenters. The maximum Gasteiger partial charge on any atom is 0.387 e. The van der Waals surface area contributed by atoms with Gasteiger partial charge in [0.1, 0.15) is 0 Å². The summed E-state index contributed by atoms with van der Waals surface area (Å²) in [6.07, 6.45) is 0. The van der Waals surface area contributed by atoms with Gasteiger partial charge < -0.3 is 14.5 Å². The second-order valence-electron chi connectivity index (χ2n) is 5.94. The predicted octanol–water partition coefficient (Wildman–Crippen LogP) is 2.50. The monoisotopic (exact) mass is 343 g/mol. The Hall–Kier alpha value is -2.45. The molecular formula is C15H19F2N3O4. The molecule has 1 aromatic rings. The average Bonchev–Trinajstić information content (AvgIpc) is 2.48. The maximum atomic E-state index is 12.6. The SMILES string of the molecule is CC(C)CN1CCN(c2ccc([N+](=O)[O-])cc2OC(F)F)CC1=O. The number of carbonyl (C=O) groups is 1. The fourth-order valence-corrected chi connectivity index (χ4v) is 2.62. The lowest BCUT2D eigenvalue weighted by molar-refractivity contribution is -0.385. The summed E-state index contributed by atoms with van der Waals surface area (Å²) in [6.45, 7) is 2.45. The van der Waals surface area contributed by atoms with Gasteiger partial charge in [0.05, 0.1) is 23.2 Å². The van der Waals surface area contributed by atoms with Crippen LogP contribution >= 0.6 is 0 Å². The predicted molar refractivity (Wildman–Crippen MR) is 83.4 cm³/mol. The number of anilines is 1. The molecule has 24 heavy (non-hydrogen) atoms. The van der Waals surface area contributed by atoms with E-state index in [4.69, 9.17) is 0 Å². The lowest BCUT2D eigenvalue weighted by Crippen LogP contribution is -2.51. The highest BCUT2D eigenvalue weighted by atomic mass is 19.3. The Morgan fingerprint density at radius 1 is 1.33 bits per heavy atom. The summed E-state index contributed by atoms with van der Waals surface area (Å²) >= 11 is 0. The van der Waals surface area contributed by atoms with E-state index < -0.39 is 11.5 Å². The molecule has 0 radical (unpaired) electrons. The zero-order valence-corrected chi connectivity index (χ0v) is 13.4. The number of piperazine rings is 1. The van der Waals surface area contributed by atoms with E-state index in [2.05, 4.69) is 4.74 Å². The van der Waals surface area contributed by atoms with Gasteiger partial charge in [-0.1, -0.05) is 13.8 Å². The highest BCUT2D eigenvalue weighted by Crippen LogP contribution is 2.34.